The molecule has 1 aromatic carbocycles. The highest BCUT2D eigenvalue weighted by atomic mass is 32.2. The molecule has 1 rings (SSSR count). The zero-order valence-electron chi connectivity index (χ0n) is 11.7. The van der Waals surface area contributed by atoms with E-state index in [1.165, 1.54) is 12.1 Å². The van der Waals surface area contributed by atoms with Gasteiger partial charge in [-0.2, -0.15) is 0 Å². The van der Waals surface area contributed by atoms with E-state index in [1.807, 2.05) is 34.6 Å². The fraction of sp³-hybridized carbons (Fsp3) is 0.571. The minimum Gasteiger partial charge on any atom is -0.242 e. The lowest BCUT2D eigenvalue weighted by molar-refractivity contribution is 0.602. The van der Waals surface area contributed by atoms with Gasteiger partial charge in [-0.1, -0.05) is 13.0 Å². The molecule has 0 saturated heterocycles. The third-order valence-corrected chi connectivity index (χ3v) is 4.48. The van der Waals surface area contributed by atoms with Crippen LogP contribution in [0.5, 0.6) is 0 Å². The standard InChI is InChI=1S/C14H22FNOS/c1-6-11-7-8-12(15)9-13(11)10(2)16-18(17)14(3,4)5/h7-10,16H,6H2,1-5H3/t10-,18+/m1/s1. The van der Waals surface area contributed by atoms with E-state index in [9.17, 15) is 8.60 Å². The maximum absolute atomic E-state index is 13.3. The van der Waals surface area contributed by atoms with Gasteiger partial charge in [-0.25, -0.2) is 13.3 Å². The summed E-state index contributed by atoms with van der Waals surface area (Å²) in [5.41, 5.74) is 1.97. The summed E-state index contributed by atoms with van der Waals surface area (Å²) in [6, 6.07) is 4.66. The second-order valence-corrected chi connectivity index (χ2v) is 7.42. The SMILES string of the molecule is CCc1ccc(F)cc1[C@@H](C)N[S@@](=O)C(C)(C)C. The molecule has 2 nitrogen and oxygen atoms in total. The lowest BCUT2D eigenvalue weighted by Gasteiger charge is -2.23. The molecule has 0 amide bonds. The zero-order valence-corrected chi connectivity index (χ0v) is 12.5. The lowest BCUT2D eigenvalue weighted by atomic mass is 10.00. The van der Waals surface area contributed by atoms with E-state index in [0.29, 0.717) is 0 Å². The van der Waals surface area contributed by atoms with Crippen molar-refractivity contribution in [2.75, 3.05) is 0 Å². The minimum absolute atomic E-state index is 0.129. The molecule has 0 radical (unpaired) electrons. The van der Waals surface area contributed by atoms with Gasteiger partial charge in [0.2, 0.25) is 0 Å². The van der Waals surface area contributed by atoms with Gasteiger partial charge in [-0.05, 0) is 57.4 Å². The Kier molecular flexibility index (Phi) is 5.05. The molecule has 0 aliphatic rings. The van der Waals surface area contributed by atoms with Crippen molar-refractivity contribution in [1.82, 2.24) is 4.72 Å². The molecule has 18 heavy (non-hydrogen) atoms. The third kappa shape index (κ3) is 3.89. The summed E-state index contributed by atoms with van der Waals surface area (Å²) in [4.78, 5) is 0. The first-order chi connectivity index (χ1) is 8.25. The number of hydrogen-bond donors (Lipinski definition) is 1. The molecule has 0 unspecified atom stereocenters. The van der Waals surface area contributed by atoms with Gasteiger partial charge in [0.1, 0.15) is 5.82 Å². The topological polar surface area (TPSA) is 29.1 Å². The van der Waals surface area contributed by atoms with Crippen LogP contribution >= 0.6 is 0 Å². The van der Waals surface area contributed by atoms with Crippen LogP contribution in [-0.4, -0.2) is 8.96 Å². The van der Waals surface area contributed by atoms with E-state index >= 15 is 0 Å². The van der Waals surface area contributed by atoms with Gasteiger partial charge in [0.15, 0.2) is 0 Å². The van der Waals surface area contributed by atoms with E-state index < -0.39 is 11.0 Å². The van der Waals surface area contributed by atoms with Crippen LogP contribution < -0.4 is 4.72 Å². The fourth-order valence-corrected chi connectivity index (χ4v) is 2.49. The molecule has 0 spiro atoms. The Morgan fingerprint density at radius 1 is 1.39 bits per heavy atom. The van der Waals surface area contributed by atoms with Crippen molar-refractivity contribution in [3.8, 4) is 0 Å². The second kappa shape index (κ2) is 5.93. The molecule has 0 saturated carbocycles. The van der Waals surface area contributed by atoms with Crippen LogP contribution in [0.15, 0.2) is 18.2 Å². The summed E-state index contributed by atoms with van der Waals surface area (Å²) in [7, 11) is -1.16. The lowest BCUT2D eigenvalue weighted by Crippen LogP contribution is -2.35. The maximum Gasteiger partial charge on any atom is 0.123 e. The molecule has 4 heteroatoms. The molecular formula is C14H22FNOS. The molecule has 0 fully saturated rings. The van der Waals surface area contributed by atoms with Crippen molar-refractivity contribution >= 4 is 11.0 Å². The Balaban J connectivity index is 2.93. The van der Waals surface area contributed by atoms with E-state index in [4.69, 9.17) is 0 Å². The minimum atomic E-state index is -1.16. The van der Waals surface area contributed by atoms with Crippen molar-refractivity contribution in [3.05, 3.63) is 35.1 Å². The summed E-state index contributed by atoms with van der Waals surface area (Å²) >= 11 is 0. The van der Waals surface area contributed by atoms with E-state index in [0.717, 1.165) is 17.5 Å². The first-order valence-electron chi connectivity index (χ1n) is 6.22. The van der Waals surface area contributed by atoms with Crippen LogP contribution in [0, 0.1) is 5.82 Å². The normalized spacial score (nSPS) is 15.4. The Bertz CT molecular complexity index is 440. The van der Waals surface area contributed by atoms with Crippen molar-refractivity contribution in [2.45, 2.75) is 51.8 Å². The van der Waals surface area contributed by atoms with Crippen LogP contribution in [0.2, 0.25) is 0 Å². The largest absolute Gasteiger partial charge is 0.242 e. The van der Waals surface area contributed by atoms with E-state index in [1.54, 1.807) is 6.07 Å². The highest BCUT2D eigenvalue weighted by Gasteiger charge is 2.22. The van der Waals surface area contributed by atoms with Gasteiger partial charge < -0.3 is 0 Å². The van der Waals surface area contributed by atoms with E-state index in [2.05, 4.69) is 4.72 Å². The van der Waals surface area contributed by atoms with Crippen molar-refractivity contribution in [3.63, 3.8) is 0 Å². The highest BCUT2D eigenvalue weighted by Crippen LogP contribution is 2.22. The summed E-state index contributed by atoms with van der Waals surface area (Å²) in [6.45, 7) is 9.68. The molecule has 0 bridgehead atoms. The van der Waals surface area contributed by atoms with Crippen LogP contribution in [0.3, 0.4) is 0 Å². The number of benzene rings is 1. The molecule has 0 heterocycles. The van der Waals surface area contributed by atoms with Gasteiger partial charge in [0.25, 0.3) is 0 Å². The zero-order chi connectivity index (χ0) is 13.9. The fourth-order valence-electron chi connectivity index (χ4n) is 1.69. The third-order valence-electron chi connectivity index (χ3n) is 2.80. The monoisotopic (exact) mass is 271 g/mol. The average Bonchev–Trinajstić information content (AvgIpc) is 2.27. The highest BCUT2D eigenvalue weighted by molar-refractivity contribution is 7.84. The van der Waals surface area contributed by atoms with Crippen molar-refractivity contribution in [1.29, 1.82) is 0 Å². The number of rotatable bonds is 4. The van der Waals surface area contributed by atoms with Crippen molar-refractivity contribution in [2.24, 2.45) is 0 Å². The van der Waals surface area contributed by atoms with Crippen LogP contribution in [0.1, 0.15) is 51.8 Å². The maximum atomic E-state index is 13.3. The van der Waals surface area contributed by atoms with Crippen LogP contribution in [0.25, 0.3) is 0 Å². The molecule has 0 aliphatic carbocycles. The molecule has 0 aromatic heterocycles. The number of nitrogens with one attached hydrogen (secondary N) is 1. The Hall–Kier alpha value is -0.740. The van der Waals surface area contributed by atoms with Crippen LogP contribution in [0.4, 0.5) is 4.39 Å². The molecule has 1 N–H and O–H groups in total. The van der Waals surface area contributed by atoms with Gasteiger partial charge >= 0.3 is 0 Å². The van der Waals surface area contributed by atoms with Gasteiger partial charge in [0, 0.05) is 6.04 Å². The molecular weight excluding hydrogens is 249 g/mol. The predicted molar refractivity (Wildman–Crippen MR) is 75.2 cm³/mol. The number of hydrogen-bond acceptors (Lipinski definition) is 1. The average molecular weight is 271 g/mol. The summed E-state index contributed by atoms with van der Waals surface area (Å²) in [5.74, 6) is -0.252. The summed E-state index contributed by atoms with van der Waals surface area (Å²) in [5, 5.41) is 0. The molecule has 0 aliphatic heterocycles. The first kappa shape index (κ1) is 15.3. The van der Waals surface area contributed by atoms with Gasteiger partial charge in [-0.15, -0.1) is 0 Å². The second-order valence-electron chi connectivity index (χ2n) is 5.42. The van der Waals surface area contributed by atoms with Crippen molar-refractivity contribution < 1.29 is 8.60 Å². The van der Waals surface area contributed by atoms with E-state index in [-0.39, 0.29) is 16.6 Å². The van der Waals surface area contributed by atoms with Gasteiger partial charge in [0.05, 0.1) is 15.7 Å². The Morgan fingerprint density at radius 2 is 2.00 bits per heavy atom. The van der Waals surface area contributed by atoms with Gasteiger partial charge in [-0.3, -0.25) is 0 Å². The number of aryl methyl sites for hydroxylation is 1. The smallest absolute Gasteiger partial charge is 0.123 e. The van der Waals surface area contributed by atoms with Crippen LogP contribution in [-0.2, 0) is 17.4 Å². The summed E-state index contributed by atoms with van der Waals surface area (Å²) < 4.78 is 28.1. The number of halogens is 1. The quantitative estimate of drug-likeness (QED) is 0.892. The Labute approximate surface area is 112 Å². The molecule has 1 aromatic rings. The predicted octanol–water partition coefficient (Wildman–Crippen LogP) is 3.50. The molecule has 2 atom stereocenters. The summed E-state index contributed by atoms with van der Waals surface area (Å²) in [6.07, 6.45) is 0.837. The first-order valence-corrected chi connectivity index (χ1v) is 7.37. The molecule has 102 valence electrons. The Morgan fingerprint density at radius 3 is 2.50 bits per heavy atom.